The molecule has 0 aliphatic heterocycles. The number of carbonyl (C=O) groups excluding carboxylic acids is 2. The van der Waals surface area contributed by atoms with E-state index in [2.05, 4.69) is 10.3 Å². The van der Waals surface area contributed by atoms with E-state index in [1.54, 1.807) is 36.4 Å². The van der Waals surface area contributed by atoms with Crippen LogP contribution in [0, 0.1) is 13.8 Å². The Hall–Kier alpha value is -3.47. The lowest BCUT2D eigenvalue weighted by Crippen LogP contribution is -2.26. The molecule has 0 bridgehead atoms. The number of nitrogens with zero attached hydrogens (tertiary/aromatic N) is 1. The van der Waals surface area contributed by atoms with Gasteiger partial charge in [-0.05, 0) is 43.2 Å². The second-order valence-corrected chi connectivity index (χ2v) is 6.24. The minimum atomic E-state index is -1.06. The van der Waals surface area contributed by atoms with Crippen molar-refractivity contribution in [3.63, 3.8) is 0 Å². The Kier molecular flexibility index (Phi) is 5.61. The molecule has 0 saturated carbocycles. The van der Waals surface area contributed by atoms with Gasteiger partial charge in [0.25, 0.3) is 5.91 Å². The maximum absolute atomic E-state index is 12.9. The highest BCUT2D eigenvalue weighted by Crippen LogP contribution is 2.23. The van der Waals surface area contributed by atoms with Crippen LogP contribution in [0.3, 0.4) is 0 Å². The first-order chi connectivity index (χ1) is 13.0. The summed E-state index contributed by atoms with van der Waals surface area (Å²) in [7, 11) is 0. The minimum absolute atomic E-state index is 0.338. The van der Waals surface area contributed by atoms with Gasteiger partial charge in [-0.3, -0.25) is 9.78 Å². The summed E-state index contributed by atoms with van der Waals surface area (Å²) in [5, 5.41) is 2.88. The van der Waals surface area contributed by atoms with E-state index in [0.29, 0.717) is 16.8 Å². The second kappa shape index (κ2) is 8.27. The molecule has 136 valence electrons. The molecule has 0 spiro atoms. The van der Waals surface area contributed by atoms with Gasteiger partial charge in [0.15, 0.2) is 0 Å². The summed E-state index contributed by atoms with van der Waals surface area (Å²) in [4.78, 5) is 29.3. The zero-order valence-electron chi connectivity index (χ0n) is 15.2. The lowest BCUT2D eigenvalue weighted by Gasteiger charge is -2.19. The maximum atomic E-state index is 12.9. The number of hydrogen-bond acceptors (Lipinski definition) is 4. The van der Waals surface area contributed by atoms with Gasteiger partial charge in [0, 0.05) is 23.6 Å². The van der Waals surface area contributed by atoms with Crippen LogP contribution in [0.15, 0.2) is 73.1 Å². The highest BCUT2D eigenvalue weighted by atomic mass is 16.5. The number of rotatable bonds is 5. The monoisotopic (exact) mass is 360 g/mol. The standard InChI is InChI=1S/C22H20N2O3/c1-15-8-9-16(2)19(14-15)24-21(25)20(17-6-4-3-5-7-17)27-22(26)18-10-12-23-13-11-18/h3-14,20H,1-2H3,(H,24,25)/t20-/m0/s1. The fourth-order valence-corrected chi connectivity index (χ4v) is 2.63. The summed E-state index contributed by atoms with van der Waals surface area (Å²) in [6.07, 6.45) is 1.95. The Morgan fingerprint density at radius 1 is 0.963 bits per heavy atom. The average Bonchev–Trinajstić information content (AvgIpc) is 2.70. The Balaban J connectivity index is 1.87. The number of amides is 1. The van der Waals surface area contributed by atoms with E-state index in [1.807, 2.05) is 38.1 Å². The second-order valence-electron chi connectivity index (χ2n) is 6.24. The third kappa shape index (κ3) is 4.58. The Bertz CT molecular complexity index is 940. The van der Waals surface area contributed by atoms with Gasteiger partial charge in [-0.25, -0.2) is 4.79 Å². The van der Waals surface area contributed by atoms with Crippen LogP contribution >= 0.6 is 0 Å². The first kappa shape index (κ1) is 18.3. The molecule has 0 radical (unpaired) electrons. The molecule has 0 aliphatic rings. The first-order valence-electron chi connectivity index (χ1n) is 8.58. The molecule has 1 heterocycles. The molecule has 3 rings (SSSR count). The highest BCUT2D eigenvalue weighted by molar-refractivity contribution is 5.98. The molecule has 5 heteroatoms. The summed E-state index contributed by atoms with van der Waals surface area (Å²) in [6, 6.07) is 17.9. The van der Waals surface area contributed by atoms with Crippen molar-refractivity contribution in [2.24, 2.45) is 0 Å². The van der Waals surface area contributed by atoms with Crippen molar-refractivity contribution in [1.82, 2.24) is 4.98 Å². The van der Waals surface area contributed by atoms with Crippen LogP contribution in [0.1, 0.15) is 33.2 Å². The SMILES string of the molecule is Cc1ccc(C)c(NC(=O)[C@@H](OC(=O)c2ccncc2)c2ccccc2)c1. The predicted molar refractivity (Wildman–Crippen MR) is 103 cm³/mol. The first-order valence-corrected chi connectivity index (χ1v) is 8.58. The summed E-state index contributed by atoms with van der Waals surface area (Å²) < 4.78 is 5.55. The minimum Gasteiger partial charge on any atom is -0.444 e. The molecular weight excluding hydrogens is 340 g/mol. The Morgan fingerprint density at radius 3 is 2.37 bits per heavy atom. The third-order valence-electron chi connectivity index (χ3n) is 4.13. The summed E-state index contributed by atoms with van der Waals surface area (Å²) >= 11 is 0. The van der Waals surface area contributed by atoms with E-state index in [0.717, 1.165) is 11.1 Å². The number of benzene rings is 2. The van der Waals surface area contributed by atoms with Crippen LogP contribution in [0.2, 0.25) is 0 Å². The number of aryl methyl sites for hydroxylation is 2. The Labute approximate surface area is 158 Å². The topological polar surface area (TPSA) is 68.3 Å². The van der Waals surface area contributed by atoms with Crippen LogP contribution in [0.4, 0.5) is 5.69 Å². The number of pyridine rings is 1. The maximum Gasteiger partial charge on any atom is 0.339 e. The molecule has 0 aliphatic carbocycles. The van der Waals surface area contributed by atoms with Crippen LogP contribution < -0.4 is 5.32 Å². The third-order valence-corrected chi connectivity index (χ3v) is 4.13. The van der Waals surface area contributed by atoms with Gasteiger partial charge >= 0.3 is 5.97 Å². The van der Waals surface area contributed by atoms with E-state index in [1.165, 1.54) is 12.4 Å². The number of aromatic nitrogens is 1. The quantitative estimate of drug-likeness (QED) is 0.691. The largest absolute Gasteiger partial charge is 0.444 e. The van der Waals surface area contributed by atoms with Crippen molar-refractivity contribution in [2.75, 3.05) is 5.32 Å². The fourth-order valence-electron chi connectivity index (χ4n) is 2.63. The molecule has 5 nitrogen and oxygen atoms in total. The molecule has 2 aromatic carbocycles. The molecule has 3 aromatic rings. The molecule has 1 N–H and O–H groups in total. The van der Waals surface area contributed by atoms with Gasteiger partial charge in [0.1, 0.15) is 0 Å². The van der Waals surface area contributed by atoms with Crippen LogP contribution in [0.5, 0.6) is 0 Å². The summed E-state index contributed by atoms with van der Waals surface area (Å²) in [6.45, 7) is 3.86. The summed E-state index contributed by atoms with van der Waals surface area (Å²) in [5.74, 6) is -0.986. The van der Waals surface area contributed by atoms with Crippen molar-refractivity contribution in [3.8, 4) is 0 Å². The van der Waals surface area contributed by atoms with Crippen LogP contribution in [-0.2, 0) is 9.53 Å². The van der Waals surface area contributed by atoms with E-state index in [9.17, 15) is 9.59 Å². The molecule has 1 aromatic heterocycles. The van der Waals surface area contributed by atoms with Crippen LogP contribution in [-0.4, -0.2) is 16.9 Å². The molecule has 0 saturated heterocycles. The zero-order valence-corrected chi connectivity index (χ0v) is 15.2. The van der Waals surface area contributed by atoms with Crippen molar-refractivity contribution in [2.45, 2.75) is 20.0 Å². The smallest absolute Gasteiger partial charge is 0.339 e. The van der Waals surface area contributed by atoms with Crippen molar-refractivity contribution >= 4 is 17.6 Å². The molecule has 1 atom stereocenters. The van der Waals surface area contributed by atoms with Crippen molar-refractivity contribution in [3.05, 3.63) is 95.3 Å². The Morgan fingerprint density at radius 2 is 1.67 bits per heavy atom. The van der Waals surface area contributed by atoms with Gasteiger partial charge in [0.05, 0.1) is 5.56 Å². The number of esters is 1. The number of hydrogen-bond donors (Lipinski definition) is 1. The van der Waals surface area contributed by atoms with E-state index in [4.69, 9.17) is 4.74 Å². The molecule has 0 unspecified atom stereocenters. The van der Waals surface area contributed by atoms with Crippen molar-refractivity contribution in [1.29, 1.82) is 0 Å². The number of nitrogens with one attached hydrogen (secondary N) is 1. The average molecular weight is 360 g/mol. The van der Waals surface area contributed by atoms with Gasteiger partial charge in [0.2, 0.25) is 6.10 Å². The number of carbonyl (C=O) groups is 2. The van der Waals surface area contributed by atoms with E-state index >= 15 is 0 Å². The summed E-state index contributed by atoms with van der Waals surface area (Å²) in [5.41, 5.74) is 3.59. The number of anilines is 1. The van der Waals surface area contributed by atoms with Crippen LogP contribution in [0.25, 0.3) is 0 Å². The zero-order chi connectivity index (χ0) is 19.2. The van der Waals surface area contributed by atoms with Gasteiger partial charge < -0.3 is 10.1 Å². The predicted octanol–water partition coefficient (Wildman–Crippen LogP) is 4.24. The van der Waals surface area contributed by atoms with E-state index in [-0.39, 0.29) is 0 Å². The van der Waals surface area contributed by atoms with Crippen molar-refractivity contribution < 1.29 is 14.3 Å². The lowest BCUT2D eigenvalue weighted by molar-refractivity contribution is -0.125. The molecule has 27 heavy (non-hydrogen) atoms. The van der Waals surface area contributed by atoms with E-state index < -0.39 is 18.0 Å². The van der Waals surface area contributed by atoms with Gasteiger partial charge in [-0.2, -0.15) is 0 Å². The lowest BCUT2D eigenvalue weighted by atomic mass is 10.1. The molecule has 0 fully saturated rings. The fraction of sp³-hybridized carbons (Fsp3) is 0.136. The number of ether oxygens (including phenoxy) is 1. The van der Waals surface area contributed by atoms with Gasteiger partial charge in [-0.15, -0.1) is 0 Å². The highest BCUT2D eigenvalue weighted by Gasteiger charge is 2.26. The molecule has 1 amide bonds. The van der Waals surface area contributed by atoms with Gasteiger partial charge in [-0.1, -0.05) is 42.5 Å². The molecular formula is C22H20N2O3. The normalized spacial score (nSPS) is 11.5.